The highest BCUT2D eigenvalue weighted by Gasteiger charge is 2.03. The average Bonchev–Trinajstić information content (AvgIpc) is 2.05. The number of hydrogen-bond acceptors (Lipinski definition) is 3. The minimum absolute atomic E-state index is 0.0115. The summed E-state index contributed by atoms with van der Waals surface area (Å²) in [4.78, 5) is 9.78. The van der Waals surface area contributed by atoms with Crippen molar-refractivity contribution in [2.75, 3.05) is 19.8 Å². The quantitative estimate of drug-likeness (QED) is 0.335. The third-order valence-corrected chi connectivity index (χ3v) is 1.53. The highest BCUT2D eigenvalue weighted by atomic mass is 16.3. The second-order valence-electron chi connectivity index (χ2n) is 2.45. The third-order valence-electron chi connectivity index (χ3n) is 1.53. The number of carbonyl (C=O) groups is 1. The topological polar surface area (TPSA) is 69.6 Å². The van der Waals surface area contributed by atoms with Crippen molar-refractivity contribution in [3.05, 3.63) is 0 Å². The lowest BCUT2D eigenvalue weighted by Crippen LogP contribution is -2.16. The van der Waals surface area contributed by atoms with Crippen molar-refractivity contribution in [3.8, 4) is 0 Å². The number of aliphatic hydroxyl groups excluding tert-OH is 2. The maximum atomic E-state index is 9.78. The highest BCUT2D eigenvalue weighted by molar-refractivity contribution is 5.45. The smallest absolute Gasteiger partial charge is 0.207 e. The highest BCUT2D eigenvalue weighted by Crippen LogP contribution is 2.02. The van der Waals surface area contributed by atoms with E-state index in [1.165, 1.54) is 0 Å². The molecule has 0 aliphatic carbocycles. The molecule has 3 N–H and O–H groups in total. The molecule has 0 rings (SSSR count). The van der Waals surface area contributed by atoms with E-state index < -0.39 is 0 Å². The van der Waals surface area contributed by atoms with Gasteiger partial charge in [-0.05, 0) is 12.8 Å². The van der Waals surface area contributed by atoms with Gasteiger partial charge in [0, 0.05) is 25.7 Å². The summed E-state index contributed by atoms with van der Waals surface area (Å²) in [7, 11) is 0. The van der Waals surface area contributed by atoms with Crippen molar-refractivity contribution in [2.24, 2.45) is 5.92 Å². The Labute approximate surface area is 66.2 Å². The Kier molecular flexibility index (Phi) is 7.08. The van der Waals surface area contributed by atoms with Gasteiger partial charge in [0.05, 0.1) is 0 Å². The predicted molar refractivity (Wildman–Crippen MR) is 41.0 cm³/mol. The average molecular weight is 161 g/mol. The van der Waals surface area contributed by atoms with Gasteiger partial charge in [0.1, 0.15) is 0 Å². The van der Waals surface area contributed by atoms with Crippen LogP contribution in [0.25, 0.3) is 0 Å². The van der Waals surface area contributed by atoms with Crippen molar-refractivity contribution in [3.63, 3.8) is 0 Å². The van der Waals surface area contributed by atoms with Gasteiger partial charge in [-0.15, -0.1) is 0 Å². The number of hydrogen-bond donors (Lipinski definition) is 3. The first-order valence-corrected chi connectivity index (χ1v) is 3.74. The van der Waals surface area contributed by atoms with Gasteiger partial charge in [0.15, 0.2) is 0 Å². The van der Waals surface area contributed by atoms with Crippen molar-refractivity contribution in [1.29, 1.82) is 0 Å². The van der Waals surface area contributed by atoms with Crippen LogP contribution < -0.4 is 5.32 Å². The van der Waals surface area contributed by atoms with Crippen LogP contribution in [-0.2, 0) is 4.79 Å². The van der Waals surface area contributed by atoms with Gasteiger partial charge in [-0.1, -0.05) is 0 Å². The van der Waals surface area contributed by atoms with Crippen molar-refractivity contribution >= 4 is 6.41 Å². The molecule has 1 amide bonds. The molecule has 4 nitrogen and oxygen atoms in total. The first kappa shape index (κ1) is 10.4. The molecule has 0 aliphatic heterocycles. The van der Waals surface area contributed by atoms with Gasteiger partial charge in [-0.3, -0.25) is 4.79 Å². The molecule has 0 aliphatic rings. The SMILES string of the molecule is O=CNCCCC(CO)CO. The number of amides is 1. The van der Waals surface area contributed by atoms with E-state index in [0.29, 0.717) is 13.0 Å². The Morgan fingerprint density at radius 3 is 2.45 bits per heavy atom. The van der Waals surface area contributed by atoms with E-state index in [-0.39, 0.29) is 19.1 Å². The predicted octanol–water partition coefficient (Wildman–Crippen LogP) is -0.887. The molecule has 66 valence electrons. The van der Waals surface area contributed by atoms with Crippen LogP contribution in [0.5, 0.6) is 0 Å². The Morgan fingerprint density at radius 2 is 2.00 bits per heavy atom. The molecule has 0 bridgehead atoms. The fourth-order valence-electron chi connectivity index (χ4n) is 0.792. The molecule has 0 spiro atoms. The number of carbonyl (C=O) groups excluding carboxylic acids is 1. The summed E-state index contributed by atoms with van der Waals surface area (Å²) in [5, 5.41) is 19.8. The Hall–Kier alpha value is -0.610. The largest absolute Gasteiger partial charge is 0.396 e. The second-order valence-corrected chi connectivity index (χ2v) is 2.45. The van der Waals surface area contributed by atoms with Gasteiger partial charge in [-0.2, -0.15) is 0 Å². The van der Waals surface area contributed by atoms with Crippen LogP contribution >= 0.6 is 0 Å². The molecule has 0 radical (unpaired) electrons. The standard InChI is InChI=1S/C7H15NO3/c9-4-7(5-10)2-1-3-8-6-11/h6-7,9-10H,1-5H2,(H,8,11). The zero-order valence-corrected chi connectivity index (χ0v) is 6.49. The van der Waals surface area contributed by atoms with Gasteiger partial charge < -0.3 is 15.5 Å². The van der Waals surface area contributed by atoms with Crippen molar-refractivity contribution in [1.82, 2.24) is 5.32 Å². The summed E-state index contributed by atoms with van der Waals surface area (Å²) in [6.45, 7) is 0.634. The zero-order valence-electron chi connectivity index (χ0n) is 6.49. The van der Waals surface area contributed by atoms with E-state index in [1.807, 2.05) is 0 Å². The van der Waals surface area contributed by atoms with Gasteiger partial charge in [0.2, 0.25) is 6.41 Å². The summed E-state index contributed by atoms with van der Waals surface area (Å²) >= 11 is 0. The Balaban J connectivity index is 3.13. The molecule has 4 heteroatoms. The lowest BCUT2D eigenvalue weighted by Gasteiger charge is -2.09. The molecule has 0 heterocycles. The van der Waals surface area contributed by atoms with E-state index in [4.69, 9.17) is 10.2 Å². The molecule has 0 saturated heterocycles. The first-order chi connectivity index (χ1) is 5.35. The van der Waals surface area contributed by atoms with Crippen LogP contribution in [0, 0.1) is 5.92 Å². The summed E-state index contributed by atoms with van der Waals surface area (Å²) in [6.07, 6.45) is 2.19. The summed E-state index contributed by atoms with van der Waals surface area (Å²) < 4.78 is 0. The molecular formula is C7H15NO3. The van der Waals surface area contributed by atoms with Crippen LogP contribution in [0.3, 0.4) is 0 Å². The zero-order chi connectivity index (χ0) is 8.53. The van der Waals surface area contributed by atoms with Crippen molar-refractivity contribution in [2.45, 2.75) is 12.8 Å². The van der Waals surface area contributed by atoms with Crippen LogP contribution in [0.4, 0.5) is 0 Å². The normalized spacial score (nSPS) is 10.1. The first-order valence-electron chi connectivity index (χ1n) is 3.74. The third kappa shape index (κ3) is 5.82. The van der Waals surface area contributed by atoms with E-state index in [9.17, 15) is 4.79 Å². The molecule has 0 unspecified atom stereocenters. The fraction of sp³-hybridized carbons (Fsp3) is 0.857. The van der Waals surface area contributed by atoms with E-state index in [2.05, 4.69) is 5.32 Å². The Morgan fingerprint density at radius 1 is 1.36 bits per heavy atom. The Bertz CT molecular complexity index is 93.7. The van der Waals surface area contributed by atoms with Crippen LogP contribution in [0.1, 0.15) is 12.8 Å². The lowest BCUT2D eigenvalue weighted by molar-refractivity contribution is -0.109. The van der Waals surface area contributed by atoms with Crippen LogP contribution in [-0.4, -0.2) is 36.4 Å². The van der Waals surface area contributed by atoms with E-state index >= 15 is 0 Å². The monoisotopic (exact) mass is 161 g/mol. The fourth-order valence-corrected chi connectivity index (χ4v) is 0.792. The molecule has 0 aromatic carbocycles. The molecule has 11 heavy (non-hydrogen) atoms. The van der Waals surface area contributed by atoms with Crippen LogP contribution in [0.2, 0.25) is 0 Å². The molecular weight excluding hydrogens is 146 g/mol. The van der Waals surface area contributed by atoms with Gasteiger partial charge in [-0.25, -0.2) is 0 Å². The molecule has 0 saturated carbocycles. The summed E-state index contributed by atoms with van der Waals surface area (Å²) in [5.41, 5.74) is 0. The van der Waals surface area contributed by atoms with E-state index in [1.54, 1.807) is 0 Å². The lowest BCUT2D eigenvalue weighted by atomic mass is 10.1. The molecule has 0 aromatic heterocycles. The maximum Gasteiger partial charge on any atom is 0.207 e. The minimum Gasteiger partial charge on any atom is -0.396 e. The summed E-state index contributed by atoms with van der Waals surface area (Å²) in [6, 6.07) is 0. The molecule has 0 atom stereocenters. The number of rotatable bonds is 7. The maximum absolute atomic E-state index is 9.78. The second kappa shape index (κ2) is 7.50. The number of nitrogens with one attached hydrogen (secondary N) is 1. The van der Waals surface area contributed by atoms with Gasteiger partial charge >= 0.3 is 0 Å². The number of aliphatic hydroxyl groups is 2. The van der Waals surface area contributed by atoms with E-state index in [0.717, 1.165) is 12.8 Å². The minimum atomic E-state index is -0.0385. The van der Waals surface area contributed by atoms with Gasteiger partial charge in [0.25, 0.3) is 0 Å². The van der Waals surface area contributed by atoms with Crippen LogP contribution in [0.15, 0.2) is 0 Å². The summed E-state index contributed by atoms with van der Waals surface area (Å²) in [5.74, 6) is -0.0385. The van der Waals surface area contributed by atoms with Crippen molar-refractivity contribution < 1.29 is 15.0 Å². The molecule has 0 fully saturated rings. The molecule has 0 aromatic rings.